The van der Waals surface area contributed by atoms with Crippen molar-refractivity contribution in [1.29, 1.82) is 21.0 Å². The Bertz CT molecular complexity index is 3080. The molecule has 0 saturated heterocycles. The van der Waals surface area contributed by atoms with Crippen LogP contribution in [0.2, 0.25) is 0 Å². The molecule has 0 atom stereocenters. The Morgan fingerprint density at radius 3 is 1.31 bits per heavy atom. The van der Waals surface area contributed by atoms with Crippen LogP contribution in [0, 0.1) is 45.3 Å². The molecule has 0 amide bonds. The van der Waals surface area contributed by atoms with E-state index in [2.05, 4.69) is 12.1 Å². The summed E-state index contributed by atoms with van der Waals surface area (Å²) in [7, 11) is 0. The van der Waals surface area contributed by atoms with E-state index < -0.39 is 0 Å². The van der Waals surface area contributed by atoms with Crippen LogP contribution in [0.5, 0.6) is 0 Å². The van der Waals surface area contributed by atoms with Gasteiger partial charge >= 0.3 is 0 Å². The van der Waals surface area contributed by atoms with Gasteiger partial charge in [0.15, 0.2) is 11.1 Å². The molecule has 2 saturated carbocycles. The van der Waals surface area contributed by atoms with E-state index in [1.165, 1.54) is 121 Å². The topological polar surface area (TPSA) is 139 Å². The van der Waals surface area contributed by atoms with Crippen molar-refractivity contribution in [3.8, 4) is 43.8 Å². The molecule has 6 aromatic heterocycles. The molecule has 6 heterocycles. The summed E-state index contributed by atoms with van der Waals surface area (Å²) in [5.74, 6) is 0. The highest BCUT2D eigenvalue weighted by Crippen LogP contribution is 2.69. The number of thiophene rings is 4. The molecule has 8 nitrogen and oxygen atoms in total. The van der Waals surface area contributed by atoms with Gasteiger partial charge in [-0.15, -0.1) is 68.0 Å². The predicted octanol–water partition coefficient (Wildman–Crippen LogP) is 8.09. The number of fused-ring (bicyclic) bond motifs is 13. The first-order valence-electron chi connectivity index (χ1n) is 19.7. The minimum atomic E-state index is -0.158. The van der Waals surface area contributed by atoms with Gasteiger partial charge in [-0.1, -0.05) is 38.5 Å². The van der Waals surface area contributed by atoms with Crippen LogP contribution in [-0.2, 0) is 23.9 Å². The molecular formula is C44H34N6O2S6. The highest BCUT2D eigenvalue weighted by molar-refractivity contribution is 7.34. The van der Waals surface area contributed by atoms with Gasteiger partial charge in [0.25, 0.3) is 11.1 Å². The molecule has 288 valence electrons. The Hall–Kier alpha value is -4.64. The van der Waals surface area contributed by atoms with Crippen LogP contribution >= 0.6 is 68.0 Å². The third-order valence-electron chi connectivity index (χ3n) is 12.7. The van der Waals surface area contributed by atoms with E-state index in [1.807, 2.05) is 72.9 Å². The zero-order chi connectivity index (χ0) is 40.1. The summed E-state index contributed by atoms with van der Waals surface area (Å²) < 4.78 is 7.92. The summed E-state index contributed by atoms with van der Waals surface area (Å²) in [4.78, 5) is 34.6. The van der Waals surface area contributed by atoms with E-state index in [9.17, 15) is 30.6 Å². The van der Waals surface area contributed by atoms with Crippen molar-refractivity contribution in [2.45, 2.75) is 102 Å². The average molecular weight is 871 g/mol. The minimum Gasteiger partial charge on any atom is -0.298 e. The van der Waals surface area contributed by atoms with Gasteiger partial charge in [0, 0.05) is 54.6 Å². The average Bonchev–Trinajstić information content (AvgIpc) is 4.11. The van der Waals surface area contributed by atoms with Crippen molar-refractivity contribution in [2.24, 2.45) is 0 Å². The maximum atomic E-state index is 13.5. The van der Waals surface area contributed by atoms with Crippen LogP contribution in [-0.4, -0.2) is 9.13 Å². The van der Waals surface area contributed by atoms with Crippen LogP contribution in [0.15, 0.2) is 21.7 Å². The molecule has 0 aliphatic heterocycles. The second-order valence-corrected chi connectivity index (χ2v) is 21.7. The second-order valence-electron chi connectivity index (χ2n) is 15.5. The van der Waals surface area contributed by atoms with Crippen molar-refractivity contribution >= 4 is 101 Å². The van der Waals surface area contributed by atoms with Crippen LogP contribution in [0.25, 0.3) is 52.2 Å². The largest absolute Gasteiger partial charge is 0.298 e. The molecule has 10 rings (SSSR count). The van der Waals surface area contributed by atoms with Crippen molar-refractivity contribution < 1.29 is 0 Å². The molecule has 4 aliphatic carbocycles. The third kappa shape index (κ3) is 5.13. The molecule has 0 aromatic carbocycles. The van der Waals surface area contributed by atoms with Gasteiger partial charge in [-0.25, -0.2) is 0 Å². The Labute approximate surface area is 357 Å². The minimum absolute atomic E-state index is 0.0306. The summed E-state index contributed by atoms with van der Waals surface area (Å²) in [6.07, 6.45) is 15.6. The molecule has 58 heavy (non-hydrogen) atoms. The molecule has 0 N–H and O–H groups in total. The SMILES string of the molecule is CCn1c(=C(C#N)C#N)s/c(=C/c2cc3c(s2)-c2sc4c5c(sc4c2C32CCCCC2)-c2sc(/C=c3/sc(=C(C#N)C#N)n(CC)c3=O)cc2C52CCCCC2)c1=O. The quantitative estimate of drug-likeness (QED) is 0.176. The van der Waals surface area contributed by atoms with Crippen molar-refractivity contribution in [2.75, 3.05) is 0 Å². The molecule has 14 heteroatoms. The zero-order valence-corrected chi connectivity index (χ0v) is 36.6. The van der Waals surface area contributed by atoms with Crippen LogP contribution in [0.1, 0.15) is 110 Å². The lowest BCUT2D eigenvalue weighted by molar-refractivity contribution is 0.354. The second kappa shape index (κ2) is 14.0. The Balaban J connectivity index is 1.15. The lowest BCUT2D eigenvalue weighted by Gasteiger charge is -2.35. The van der Waals surface area contributed by atoms with E-state index in [0.717, 1.165) is 35.4 Å². The molecule has 0 bridgehead atoms. The smallest absolute Gasteiger partial charge is 0.269 e. The monoisotopic (exact) mass is 870 g/mol. The van der Waals surface area contributed by atoms with Crippen LogP contribution in [0.3, 0.4) is 0 Å². The fourth-order valence-corrected chi connectivity index (χ4v) is 18.6. The number of rotatable bonds is 4. The highest BCUT2D eigenvalue weighted by Gasteiger charge is 2.52. The van der Waals surface area contributed by atoms with Crippen LogP contribution < -0.4 is 29.5 Å². The number of thiazole rings is 2. The first-order chi connectivity index (χ1) is 28.2. The van der Waals surface area contributed by atoms with E-state index in [-0.39, 0.29) is 33.1 Å². The summed E-state index contributed by atoms with van der Waals surface area (Å²) in [6, 6.07) is 12.6. The predicted molar refractivity (Wildman–Crippen MR) is 237 cm³/mol. The summed E-state index contributed by atoms with van der Waals surface area (Å²) in [5.41, 5.74) is 5.34. The number of hydrogen-bond acceptors (Lipinski definition) is 12. The molecule has 6 aromatic rings. The van der Waals surface area contributed by atoms with Crippen molar-refractivity contribution in [3.05, 3.63) is 83.2 Å². The van der Waals surface area contributed by atoms with Gasteiger partial charge in [0.05, 0.1) is 28.2 Å². The van der Waals surface area contributed by atoms with Gasteiger partial charge in [0.1, 0.15) is 33.6 Å². The van der Waals surface area contributed by atoms with E-state index in [4.69, 9.17) is 0 Å². The molecule has 4 aliphatic rings. The van der Waals surface area contributed by atoms with E-state index >= 15 is 0 Å². The molecule has 0 unspecified atom stereocenters. The number of hydrogen-bond donors (Lipinski definition) is 0. The van der Waals surface area contributed by atoms with E-state index in [0.29, 0.717) is 31.5 Å². The first kappa shape index (κ1) is 37.6. The Morgan fingerprint density at radius 2 is 0.966 bits per heavy atom. The van der Waals surface area contributed by atoms with Gasteiger partial charge in [-0.3, -0.25) is 18.7 Å². The highest BCUT2D eigenvalue weighted by atomic mass is 32.1. The van der Waals surface area contributed by atoms with Crippen molar-refractivity contribution in [3.63, 3.8) is 0 Å². The summed E-state index contributed by atoms with van der Waals surface area (Å²) in [5, 5.41) is 38.4. The lowest BCUT2D eigenvalue weighted by atomic mass is 9.67. The molecular weight excluding hydrogens is 837 g/mol. The Kier molecular flexibility index (Phi) is 9.07. The third-order valence-corrected chi connectivity index (χ3v) is 20.0. The van der Waals surface area contributed by atoms with Crippen LogP contribution in [0.4, 0.5) is 0 Å². The van der Waals surface area contributed by atoms with Gasteiger partial charge in [0.2, 0.25) is 0 Å². The maximum Gasteiger partial charge on any atom is 0.269 e. The summed E-state index contributed by atoms with van der Waals surface area (Å²) >= 11 is 9.98. The van der Waals surface area contributed by atoms with Gasteiger partial charge in [-0.2, -0.15) is 21.0 Å². The Morgan fingerprint density at radius 1 is 0.586 bits per heavy atom. The van der Waals surface area contributed by atoms with Gasteiger partial charge < -0.3 is 0 Å². The van der Waals surface area contributed by atoms with Crippen molar-refractivity contribution in [1.82, 2.24) is 9.13 Å². The van der Waals surface area contributed by atoms with E-state index in [1.54, 1.807) is 22.7 Å². The van der Waals surface area contributed by atoms with Gasteiger partial charge in [-0.05, 0) is 74.9 Å². The zero-order valence-electron chi connectivity index (χ0n) is 31.7. The fraction of sp³-hybridized carbons (Fsp3) is 0.364. The lowest BCUT2D eigenvalue weighted by Crippen LogP contribution is -2.31. The summed E-state index contributed by atoms with van der Waals surface area (Å²) in [6.45, 7) is 4.52. The molecule has 2 spiro atoms. The normalized spacial score (nSPS) is 17.5. The number of nitrogens with zero attached hydrogens (tertiary/aromatic N) is 6. The molecule has 0 radical (unpaired) electrons. The number of nitriles is 4. The maximum absolute atomic E-state index is 13.5. The first-order valence-corrected chi connectivity index (χ1v) is 24.6. The fourth-order valence-electron chi connectivity index (χ4n) is 10.2. The number of aromatic nitrogens is 2. The standard InChI is InChI=1S/C44H34N6O2S6/c1-3-49-39(51)29(55-41(49)23(19-45)20-46)17-25-15-27-33(53-25)35-31(43(27)11-7-5-8-12-43)37-38(57-35)32-36(58-37)34-28(44(32)13-9-6-10-14-44)16-26(54-34)18-30-40(52)50(4-2)42(56-30)24(21-47)22-48/h15-18H,3-14H2,1-2H3/b29-17+,30-18+. The molecule has 2 fully saturated rings.